The average molecular weight is 200 g/mol. The maximum atomic E-state index is 10.9. The van der Waals surface area contributed by atoms with E-state index in [0.29, 0.717) is 6.54 Å². The van der Waals surface area contributed by atoms with Gasteiger partial charge in [0.15, 0.2) is 0 Å². The van der Waals surface area contributed by atoms with Crippen LogP contribution < -0.4 is 0 Å². The van der Waals surface area contributed by atoms with Crippen molar-refractivity contribution in [3.63, 3.8) is 0 Å². The smallest absolute Gasteiger partial charge is 0.308 e. The van der Waals surface area contributed by atoms with E-state index in [2.05, 4.69) is 9.80 Å². The Morgan fingerprint density at radius 2 is 2.14 bits per heavy atom. The summed E-state index contributed by atoms with van der Waals surface area (Å²) in [5.41, 5.74) is 0. The van der Waals surface area contributed by atoms with E-state index in [0.717, 1.165) is 19.6 Å². The molecular formula is C10H20N2O2. The van der Waals surface area contributed by atoms with Crippen LogP contribution in [0.1, 0.15) is 6.92 Å². The summed E-state index contributed by atoms with van der Waals surface area (Å²) in [4.78, 5) is 15.2. The fourth-order valence-electron chi connectivity index (χ4n) is 1.91. The van der Waals surface area contributed by atoms with Crippen molar-refractivity contribution in [3.05, 3.63) is 0 Å². The molecule has 4 heteroatoms. The lowest BCUT2D eigenvalue weighted by atomic mass is 9.99. The first kappa shape index (κ1) is 11.5. The van der Waals surface area contributed by atoms with Gasteiger partial charge in [-0.15, -0.1) is 0 Å². The van der Waals surface area contributed by atoms with E-state index in [9.17, 15) is 4.79 Å². The molecule has 0 aliphatic carbocycles. The van der Waals surface area contributed by atoms with Crippen LogP contribution >= 0.6 is 0 Å². The minimum absolute atomic E-state index is 0.169. The molecule has 1 heterocycles. The highest BCUT2D eigenvalue weighted by atomic mass is 16.4. The summed E-state index contributed by atoms with van der Waals surface area (Å²) in [6.45, 7) is 5.63. The van der Waals surface area contributed by atoms with Gasteiger partial charge in [-0.2, -0.15) is 0 Å². The summed E-state index contributed by atoms with van der Waals surface area (Å²) in [5.74, 6) is -0.531. The second kappa shape index (κ2) is 4.75. The number of rotatable bonds is 4. The molecule has 2 atom stereocenters. The van der Waals surface area contributed by atoms with Crippen molar-refractivity contribution < 1.29 is 9.90 Å². The molecule has 0 amide bonds. The van der Waals surface area contributed by atoms with E-state index in [4.69, 9.17) is 5.11 Å². The van der Waals surface area contributed by atoms with Crippen molar-refractivity contribution in [2.24, 2.45) is 11.8 Å². The Hall–Kier alpha value is -0.610. The van der Waals surface area contributed by atoms with Gasteiger partial charge >= 0.3 is 5.97 Å². The lowest BCUT2D eigenvalue weighted by Gasteiger charge is -2.18. The lowest BCUT2D eigenvalue weighted by molar-refractivity contribution is -0.142. The van der Waals surface area contributed by atoms with Crippen LogP contribution in [0.3, 0.4) is 0 Å². The molecule has 1 saturated heterocycles. The van der Waals surface area contributed by atoms with E-state index < -0.39 is 5.97 Å². The van der Waals surface area contributed by atoms with E-state index in [1.807, 2.05) is 21.0 Å². The second-order valence-corrected chi connectivity index (χ2v) is 4.48. The summed E-state index contributed by atoms with van der Waals surface area (Å²) in [5, 5.41) is 8.94. The summed E-state index contributed by atoms with van der Waals surface area (Å²) in [6.07, 6.45) is 0. The average Bonchev–Trinajstić information content (AvgIpc) is 2.43. The van der Waals surface area contributed by atoms with Crippen LogP contribution in [0.2, 0.25) is 0 Å². The van der Waals surface area contributed by atoms with Gasteiger partial charge in [0.05, 0.1) is 5.92 Å². The topological polar surface area (TPSA) is 43.8 Å². The molecule has 0 spiro atoms. The minimum atomic E-state index is -0.648. The van der Waals surface area contributed by atoms with Gasteiger partial charge in [-0.25, -0.2) is 0 Å². The quantitative estimate of drug-likeness (QED) is 0.704. The largest absolute Gasteiger partial charge is 0.481 e. The Morgan fingerprint density at radius 3 is 2.57 bits per heavy atom. The monoisotopic (exact) mass is 200 g/mol. The van der Waals surface area contributed by atoms with Crippen molar-refractivity contribution in [2.45, 2.75) is 6.92 Å². The van der Waals surface area contributed by atoms with Crippen LogP contribution in [0.25, 0.3) is 0 Å². The van der Waals surface area contributed by atoms with Gasteiger partial charge in [0.1, 0.15) is 0 Å². The Morgan fingerprint density at radius 1 is 1.50 bits per heavy atom. The van der Waals surface area contributed by atoms with Crippen molar-refractivity contribution >= 4 is 5.97 Å². The third-order valence-electron chi connectivity index (χ3n) is 2.87. The SMILES string of the molecule is C[C@@H]1CN(CCN(C)C)C[C@H]1C(=O)O. The third-order valence-corrected chi connectivity index (χ3v) is 2.87. The van der Waals surface area contributed by atoms with Gasteiger partial charge < -0.3 is 14.9 Å². The minimum Gasteiger partial charge on any atom is -0.481 e. The number of hydrogen-bond donors (Lipinski definition) is 1. The zero-order valence-corrected chi connectivity index (χ0v) is 9.23. The molecule has 14 heavy (non-hydrogen) atoms. The molecule has 0 unspecified atom stereocenters. The Bertz CT molecular complexity index is 206. The van der Waals surface area contributed by atoms with Crippen LogP contribution in [0.5, 0.6) is 0 Å². The maximum absolute atomic E-state index is 10.9. The number of hydrogen-bond acceptors (Lipinski definition) is 3. The van der Waals surface area contributed by atoms with Crippen LogP contribution in [-0.4, -0.2) is 61.2 Å². The second-order valence-electron chi connectivity index (χ2n) is 4.48. The van der Waals surface area contributed by atoms with Gasteiger partial charge in [-0.1, -0.05) is 6.92 Å². The maximum Gasteiger partial charge on any atom is 0.308 e. The highest BCUT2D eigenvalue weighted by Crippen LogP contribution is 2.22. The predicted molar refractivity (Wildman–Crippen MR) is 55.3 cm³/mol. The molecule has 0 aromatic rings. The summed E-state index contributed by atoms with van der Waals surface area (Å²) in [7, 11) is 4.07. The molecule has 4 nitrogen and oxygen atoms in total. The van der Waals surface area contributed by atoms with Crippen molar-refractivity contribution in [1.29, 1.82) is 0 Å². The molecule has 1 rings (SSSR count). The Kier molecular flexibility index (Phi) is 3.89. The molecule has 1 fully saturated rings. The van der Waals surface area contributed by atoms with E-state index in [1.165, 1.54) is 0 Å². The van der Waals surface area contributed by atoms with Crippen LogP contribution in [0.4, 0.5) is 0 Å². The van der Waals surface area contributed by atoms with Crippen molar-refractivity contribution in [2.75, 3.05) is 40.3 Å². The third kappa shape index (κ3) is 2.96. The van der Waals surface area contributed by atoms with E-state index >= 15 is 0 Å². The molecule has 82 valence electrons. The standard InChI is InChI=1S/C10H20N2O2/c1-8-6-12(5-4-11(2)3)7-9(8)10(13)14/h8-9H,4-7H2,1-3H3,(H,13,14)/t8-,9-/m1/s1. The summed E-state index contributed by atoms with van der Waals surface area (Å²) >= 11 is 0. The van der Waals surface area contributed by atoms with Crippen LogP contribution in [-0.2, 0) is 4.79 Å². The van der Waals surface area contributed by atoms with Gasteiger partial charge in [0, 0.05) is 26.2 Å². The lowest BCUT2D eigenvalue weighted by Crippen LogP contribution is -2.30. The van der Waals surface area contributed by atoms with E-state index in [-0.39, 0.29) is 11.8 Å². The first-order chi connectivity index (χ1) is 6.50. The van der Waals surface area contributed by atoms with Gasteiger partial charge in [0.2, 0.25) is 0 Å². The zero-order valence-electron chi connectivity index (χ0n) is 9.23. The predicted octanol–water partition coefficient (Wildman–Crippen LogP) is 0.201. The number of aliphatic carboxylic acids is 1. The van der Waals surface area contributed by atoms with Crippen molar-refractivity contribution in [1.82, 2.24) is 9.80 Å². The number of carboxylic acid groups (broad SMARTS) is 1. The molecule has 1 N–H and O–H groups in total. The fourth-order valence-corrected chi connectivity index (χ4v) is 1.91. The molecule has 1 aliphatic heterocycles. The van der Waals surface area contributed by atoms with Crippen LogP contribution in [0.15, 0.2) is 0 Å². The number of carboxylic acids is 1. The number of nitrogens with zero attached hydrogens (tertiary/aromatic N) is 2. The molecule has 0 radical (unpaired) electrons. The fraction of sp³-hybridized carbons (Fsp3) is 0.900. The van der Waals surface area contributed by atoms with E-state index in [1.54, 1.807) is 0 Å². The number of likely N-dealkylation sites (N-methyl/N-ethyl adjacent to an activating group) is 1. The summed E-state index contributed by atoms with van der Waals surface area (Å²) < 4.78 is 0. The first-order valence-electron chi connectivity index (χ1n) is 5.10. The zero-order chi connectivity index (χ0) is 10.7. The molecule has 0 bridgehead atoms. The normalized spacial score (nSPS) is 28.6. The molecule has 0 aromatic heterocycles. The highest BCUT2D eigenvalue weighted by molar-refractivity contribution is 5.71. The Balaban J connectivity index is 2.35. The first-order valence-corrected chi connectivity index (χ1v) is 5.10. The number of likely N-dealkylation sites (tertiary alicyclic amines) is 1. The van der Waals surface area contributed by atoms with Gasteiger partial charge in [0.25, 0.3) is 0 Å². The molecular weight excluding hydrogens is 180 g/mol. The van der Waals surface area contributed by atoms with Crippen LogP contribution in [0, 0.1) is 11.8 Å². The molecule has 0 saturated carbocycles. The van der Waals surface area contributed by atoms with Gasteiger partial charge in [-0.3, -0.25) is 4.79 Å². The molecule has 1 aliphatic rings. The molecule has 0 aromatic carbocycles. The highest BCUT2D eigenvalue weighted by Gasteiger charge is 2.34. The van der Waals surface area contributed by atoms with Gasteiger partial charge in [-0.05, 0) is 20.0 Å². The number of carbonyl (C=O) groups is 1. The van der Waals surface area contributed by atoms with Crippen molar-refractivity contribution in [3.8, 4) is 0 Å². The summed E-state index contributed by atoms with van der Waals surface area (Å²) in [6, 6.07) is 0. The Labute approximate surface area is 85.5 Å².